The number of fused-ring (bicyclic) bond motifs is 2. The number of nitrogens with one attached hydrogen (secondary N) is 2. The number of ether oxygens (including phenoxy) is 2. The predicted molar refractivity (Wildman–Crippen MR) is 144 cm³/mol. The van der Waals surface area contributed by atoms with E-state index in [1.807, 2.05) is 26.8 Å². The van der Waals surface area contributed by atoms with E-state index in [0.717, 1.165) is 5.39 Å². The Bertz CT molecular complexity index is 1350. The fraction of sp³-hybridized carbons (Fsp3) is 0.586. The van der Waals surface area contributed by atoms with Crippen molar-refractivity contribution >= 4 is 28.6 Å². The first-order valence-electron chi connectivity index (χ1n) is 13.6. The summed E-state index contributed by atoms with van der Waals surface area (Å²) in [5.74, 6) is -1.08. The molecule has 2 aromatic rings. The van der Waals surface area contributed by atoms with Crippen LogP contribution in [0.1, 0.15) is 46.2 Å². The summed E-state index contributed by atoms with van der Waals surface area (Å²) >= 11 is 0. The van der Waals surface area contributed by atoms with Crippen LogP contribution in [-0.4, -0.2) is 77.1 Å². The van der Waals surface area contributed by atoms with E-state index < -0.39 is 41.5 Å². The maximum Gasteiger partial charge on any atom is 0.252 e. The molecule has 3 fully saturated rings. The zero-order valence-electron chi connectivity index (χ0n) is 23.5. The molecular weight excluding hydrogens is 512 g/mol. The highest BCUT2D eigenvalue weighted by atomic mass is 16.6. The summed E-state index contributed by atoms with van der Waals surface area (Å²) < 4.78 is 10.9. The first-order valence-corrected chi connectivity index (χ1v) is 13.6. The van der Waals surface area contributed by atoms with Crippen LogP contribution in [0.5, 0.6) is 0 Å². The van der Waals surface area contributed by atoms with E-state index in [-0.39, 0.29) is 29.8 Å². The number of carbonyl (C=O) groups is 3. The molecule has 1 saturated carbocycles. The summed E-state index contributed by atoms with van der Waals surface area (Å²) in [6.07, 6.45) is 4.02. The average molecular weight is 549 g/mol. The molecule has 11 heteroatoms. The minimum Gasteiger partial charge on any atom is -0.376 e. The number of nitrogens with zero attached hydrogens (tertiary/aromatic N) is 4. The van der Waals surface area contributed by atoms with Gasteiger partial charge in [-0.1, -0.05) is 34.6 Å². The van der Waals surface area contributed by atoms with Crippen LogP contribution in [0.2, 0.25) is 0 Å². The van der Waals surface area contributed by atoms with Crippen molar-refractivity contribution in [3.63, 3.8) is 0 Å². The fourth-order valence-corrected chi connectivity index (χ4v) is 6.14. The van der Waals surface area contributed by atoms with Crippen LogP contribution in [0.25, 0.3) is 10.9 Å². The fourth-order valence-electron chi connectivity index (χ4n) is 6.14. The van der Waals surface area contributed by atoms with E-state index in [1.165, 1.54) is 6.20 Å². The maximum atomic E-state index is 14.1. The summed E-state index contributed by atoms with van der Waals surface area (Å²) in [6, 6.07) is 3.12. The second-order valence-electron chi connectivity index (χ2n) is 12.5. The molecule has 5 rings (SSSR count). The van der Waals surface area contributed by atoms with Gasteiger partial charge in [-0.3, -0.25) is 24.4 Å². The van der Waals surface area contributed by atoms with Gasteiger partial charge in [0.1, 0.15) is 18.1 Å². The topological polar surface area (TPSA) is 147 Å². The number of piperidine rings is 1. The standard InChI is InChI=1S/C29H36N6O5/c1-28(2,3)24(34-25(36)20-15-39-9-10-40-20)27(38)35-14-18-21(29(18,4)5)23(35)26(37)33-19(11-30)17-13-31-12-16-7-6-8-32-22(16)17/h6-8,12-13,18-21,23-24H,9-10,14-15H2,1-5H3,(H,33,37)(H,34,36)/t18-,19?,20?,21-,23-,24+/m0/s1. The van der Waals surface area contributed by atoms with E-state index in [2.05, 4.69) is 40.5 Å². The molecule has 6 atom stereocenters. The molecule has 4 heterocycles. The molecule has 2 aliphatic heterocycles. The highest BCUT2D eigenvalue weighted by Crippen LogP contribution is 2.65. The SMILES string of the molecule is CC(C)(C)[C@H](NC(=O)C1COCCO1)C(=O)N1C[C@H]2[C@@H]([C@H]1C(=O)NC(C#N)c1cncc3cccnc13)C2(C)C. The Morgan fingerprint density at radius 1 is 1.18 bits per heavy atom. The molecule has 0 spiro atoms. The number of rotatable bonds is 6. The average Bonchev–Trinajstić information content (AvgIpc) is 3.25. The summed E-state index contributed by atoms with van der Waals surface area (Å²) in [4.78, 5) is 51.2. The van der Waals surface area contributed by atoms with Gasteiger partial charge in [-0.05, 0) is 34.8 Å². The second kappa shape index (κ2) is 10.4. The molecule has 1 aliphatic carbocycles. The Kier molecular flexibility index (Phi) is 7.27. The zero-order chi connectivity index (χ0) is 28.8. The number of carbonyl (C=O) groups excluding carboxylic acids is 3. The normalized spacial score (nSPS) is 26.8. The summed E-state index contributed by atoms with van der Waals surface area (Å²) in [6.45, 7) is 11.0. The first kappa shape index (κ1) is 27.9. The first-order chi connectivity index (χ1) is 18.9. The van der Waals surface area contributed by atoms with Gasteiger partial charge >= 0.3 is 0 Å². The lowest BCUT2D eigenvalue weighted by Gasteiger charge is -2.38. The van der Waals surface area contributed by atoms with Crippen LogP contribution < -0.4 is 10.6 Å². The van der Waals surface area contributed by atoms with Crippen LogP contribution in [-0.2, 0) is 23.9 Å². The van der Waals surface area contributed by atoms with Crippen LogP contribution in [0.15, 0.2) is 30.7 Å². The van der Waals surface area contributed by atoms with Gasteiger partial charge in [-0.2, -0.15) is 5.26 Å². The monoisotopic (exact) mass is 548 g/mol. The molecule has 0 radical (unpaired) electrons. The van der Waals surface area contributed by atoms with Crippen molar-refractivity contribution in [2.24, 2.45) is 22.7 Å². The van der Waals surface area contributed by atoms with Crippen LogP contribution >= 0.6 is 0 Å². The molecule has 2 N–H and O–H groups in total. The number of likely N-dealkylation sites (tertiary alicyclic amines) is 1. The smallest absolute Gasteiger partial charge is 0.252 e. The molecule has 2 unspecified atom stereocenters. The Hall–Kier alpha value is -3.62. The number of amides is 3. The molecular formula is C29H36N6O5. The van der Waals surface area contributed by atoms with Crippen LogP contribution in [0.3, 0.4) is 0 Å². The van der Waals surface area contributed by atoms with Gasteiger partial charge in [0.05, 0.1) is 31.4 Å². The van der Waals surface area contributed by atoms with Gasteiger partial charge in [-0.15, -0.1) is 0 Å². The van der Waals surface area contributed by atoms with Gasteiger partial charge in [0.15, 0.2) is 6.10 Å². The molecule has 212 valence electrons. The molecule has 3 aliphatic rings. The lowest BCUT2D eigenvalue weighted by atomic mass is 9.85. The lowest BCUT2D eigenvalue weighted by molar-refractivity contribution is -0.153. The van der Waals surface area contributed by atoms with Crippen LogP contribution in [0.4, 0.5) is 0 Å². The molecule has 0 aromatic carbocycles. The highest BCUT2D eigenvalue weighted by Gasteiger charge is 2.69. The maximum absolute atomic E-state index is 14.1. The molecule has 2 aromatic heterocycles. The lowest BCUT2D eigenvalue weighted by Crippen LogP contribution is -2.61. The number of hydrogen-bond acceptors (Lipinski definition) is 8. The van der Waals surface area contributed by atoms with Gasteiger partial charge in [0.25, 0.3) is 5.91 Å². The van der Waals surface area contributed by atoms with Crippen molar-refractivity contribution < 1.29 is 23.9 Å². The summed E-state index contributed by atoms with van der Waals surface area (Å²) in [7, 11) is 0. The van der Waals surface area contributed by atoms with E-state index in [9.17, 15) is 19.6 Å². The predicted octanol–water partition coefficient (Wildman–Crippen LogP) is 1.74. The molecule has 2 saturated heterocycles. The largest absolute Gasteiger partial charge is 0.376 e. The van der Waals surface area contributed by atoms with Gasteiger partial charge in [-0.25, -0.2) is 0 Å². The van der Waals surface area contributed by atoms with Gasteiger partial charge in [0, 0.05) is 36.1 Å². The highest BCUT2D eigenvalue weighted by molar-refractivity contribution is 5.95. The van der Waals surface area contributed by atoms with E-state index in [4.69, 9.17) is 9.47 Å². The van der Waals surface area contributed by atoms with E-state index in [1.54, 1.807) is 23.4 Å². The Morgan fingerprint density at radius 3 is 2.62 bits per heavy atom. The minimum atomic E-state index is -1.00. The molecule has 40 heavy (non-hydrogen) atoms. The van der Waals surface area contributed by atoms with E-state index in [0.29, 0.717) is 30.8 Å². The molecule has 0 bridgehead atoms. The second-order valence-corrected chi connectivity index (χ2v) is 12.5. The third-order valence-corrected chi connectivity index (χ3v) is 8.53. The van der Waals surface area contributed by atoms with Crippen molar-refractivity contribution in [1.29, 1.82) is 5.26 Å². The summed E-state index contributed by atoms with van der Waals surface area (Å²) in [5, 5.41) is 16.5. The van der Waals surface area contributed by atoms with Crippen LogP contribution in [0, 0.1) is 34.0 Å². The zero-order valence-corrected chi connectivity index (χ0v) is 23.5. The quantitative estimate of drug-likeness (QED) is 0.555. The van der Waals surface area contributed by atoms with Crippen molar-refractivity contribution in [1.82, 2.24) is 25.5 Å². The third-order valence-electron chi connectivity index (χ3n) is 8.53. The third kappa shape index (κ3) is 5.02. The van der Waals surface area contributed by atoms with Crippen molar-refractivity contribution in [2.75, 3.05) is 26.4 Å². The Balaban J connectivity index is 1.39. The summed E-state index contributed by atoms with van der Waals surface area (Å²) in [5.41, 5.74) is 0.307. The Morgan fingerprint density at radius 2 is 1.95 bits per heavy atom. The number of pyridine rings is 2. The molecule has 11 nitrogen and oxygen atoms in total. The molecule has 3 amide bonds. The van der Waals surface area contributed by atoms with Gasteiger partial charge in [0.2, 0.25) is 11.8 Å². The number of aromatic nitrogens is 2. The van der Waals surface area contributed by atoms with E-state index >= 15 is 0 Å². The number of hydrogen-bond donors (Lipinski definition) is 2. The van der Waals surface area contributed by atoms with Crippen molar-refractivity contribution in [3.05, 3.63) is 36.3 Å². The van der Waals surface area contributed by atoms with Crippen molar-refractivity contribution in [3.8, 4) is 6.07 Å². The minimum absolute atomic E-state index is 0.0639. The Labute approximate surface area is 233 Å². The van der Waals surface area contributed by atoms with Gasteiger partial charge < -0.3 is 25.0 Å². The number of nitriles is 1. The van der Waals surface area contributed by atoms with Crippen molar-refractivity contribution in [2.45, 2.75) is 58.8 Å².